The summed E-state index contributed by atoms with van der Waals surface area (Å²) < 4.78 is 54.9. The van der Waals surface area contributed by atoms with Crippen molar-refractivity contribution in [3.05, 3.63) is 261 Å². The van der Waals surface area contributed by atoms with Crippen molar-refractivity contribution in [1.29, 1.82) is 0 Å². The maximum Gasteiger partial charge on any atom is 0.335 e. The highest BCUT2D eigenvalue weighted by Crippen LogP contribution is 2.68. The quantitative estimate of drug-likeness (QED) is 0.107. The van der Waals surface area contributed by atoms with Crippen LogP contribution in [0.5, 0.6) is 28.7 Å². The Labute approximate surface area is 683 Å². The maximum absolute atomic E-state index is 10.8. The summed E-state index contributed by atoms with van der Waals surface area (Å²) in [5, 5.41) is 14.0. The first-order chi connectivity index (χ1) is 52.5. The summed E-state index contributed by atoms with van der Waals surface area (Å²) in [6.07, 6.45) is 15.8. The van der Waals surface area contributed by atoms with E-state index in [0.717, 1.165) is 69.6 Å². The Morgan fingerprint density at radius 2 is 1.15 bits per heavy atom. The molecule has 0 spiro atoms. The molecule has 2 saturated carbocycles. The van der Waals surface area contributed by atoms with Crippen LogP contribution in [0.4, 0.5) is 5.69 Å². The molecular weight excluding hydrogens is 1430 g/mol. The molecule has 3 N–H and O–H groups in total. The van der Waals surface area contributed by atoms with Crippen LogP contribution in [0, 0.1) is 94.8 Å². The molecule has 618 valence electrons. The number of thiophene rings is 1. The number of rotatable bonds is 12. The Balaban J connectivity index is 0.000000614. The number of anilines is 1. The number of benzene rings is 7. The van der Waals surface area contributed by atoms with Crippen molar-refractivity contribution < 1.29 is 46.4 Å². The van der Waals surface area contributed by atoms with Gasteiger partial charge in [-0.3, -0.25) is 4.72 Å². The predicted octanol–water partition coefficient (Wildman–Crippen LogP) is 28.7. The van der Waals surface area contributed by atoms with Crippen LogP contribution >= 0.6 is 11.3 Å². The fourth-order valence-corrected chi connectivity index (χ4v) is 11.5. The van der Waals surface area contributed by atoms with Gasteiger partial charge in [0.15, 0.2) is 23.0 Å². The fraction of sp³-hybridized carbons (Fsp3) is 0.459. The van der Waals surface area contributed by atoms with E-state index in [1.54, 1.807) is 62.2 Å². The largest absolute Gasteiger partial charge is 0.493 e. The number of ether oxygens (including phenoxy) is 5. The van der Waals surface area contributed by atoms with Crippen LogP contribution in [0.1, 0.15) is 230 Å². The lowest BCUT2D eigenvalue weighted by Crippen LogP contribution is -2.09. The first-order valence-corrected chi connectivity index (χ1v) is 42.5. The Morgan fingerprint density at radius 1 is 0.607 bits per heavy atom. The second-order valence-electron chi connectivity index (χ2n) is 32.7. The highest BCUT2D eigenvalue weighted by Gasteiger charge is 2.61. The van der Waals surface area contributed by atoms with Gasteiger partial charge in [0, 0.05) is 17.4 Å². The van der Waals surface area contributed by atoms with Gasteiger partial charge in [-0.05, 0) is 247 Å². The molecule has 0 amide bonds. The van der Waals surface area contributed by atoms with Crippen LogP contribution in [-0.4, -0.2) is 51.7 Å². The number of carboxylic acids is 1. The van der Waals surface area contributed by atoms with E-state index in [0.29, 0.717) is 46.3 Å². The molecule has 2 fully saturated rings. The molecule has 3 aliphatic rings. The predicted molar refractivity (Wildman–Crippen MR) is 480 cm³/mol. The van der Waals surface area contributed by atoms with Crippen LogP contribution < -0.4 is 28.4 Å². The summed E-state index contributed by atoms with van der Waals surface area (Å²) in [4.78, 5) is 13.5. The average molecular weight is 1570 g/mol. The lowest BCUT2D eigenvalue weighted by Gasteiger charge is -2.15. The zero-order valence-corrected chi connectivity index (χ0v) is 75.5. The zero-order valence-electron chi connectivity index (χ0n) is 73.9. The van der Waals surface area contributed by atoms with E-state index in [9.17, 15) is 13.2 Å². The van der Waals surface area contributed by atoms with E-state index in [2.05, 4.69) is 207 Å². The molecule has 14 heteroatoms. The molecule has 0 atom stereocenters. The number of fused-ring (bicyclic) bond motifs is 2. The normalized spacial score (nSPS) is 12.7. The number of carboxylic acid groups (broad SMARTS) is 1. The summed E-state index contributed by atoms with van der Waals surface area (Å²) in [7, 11) is 0.124. The lowest BCUT2D eigenvalue weighted by molar-refractivity contribution is 0.0696. The van der Waals surface area contributed by atoms with E-state index >= 15 is 0 Å². The van der Waals surface area contributed by atoms with Crippen LogP contribution in [0.2, 0.25) is 0 Å². The number of H-pyrrole nitrogens is 1. The highest BCUT2D eigenvalue weighted by atomic mass is 32.2. The Hall–Kier alpha value is -8.72. The SMILES string of the molecule is CC1C(C)(C)C1(C)C.CCC(C)(C)C.CCC1CC1.CCCC(C)(C)C.CCCC(C)C.COc1ccc(C)cc1OC.Cc1ccc2c(c1)OCO2.Cc1ccc2cc[nH]c2c1.Cc1cccc(C(=O)O)c1.Cc1cccc(NS(C)(=O)=O)c1.Cc1cccc(OCc2ccccc2)c1.Cc1ccco1.Cc1ccsc1. The summed E-state index contributed by atoms with van der Waals surface area (Å²) >= 11 is 1.74. The van der Waals surface area contributed by atoms with Crippen molar-refractivity contribution >= 4 is 43.9 Å². The average Bonchev–Trinajstić information content (AvgIpc) is 1.55. The highest BCUT2D eigenvalue weighted by molar-refractivity contribution is 7.92. The maximum atomic E-state index is 10.8. The van der Waals surface area contributed by atoms with Gasteiger partial charge in [-0.15, -0.1) is 0 Å². The van der Waals surface area contributed by atoms with Gasteiger partial charge in [-0.25, -0.2) is 13.2 Å². The molecular formula is C98H144N2O10S2. The number of aromatic amines is 1. The van der Waals surface area contributed by atoms with E-state index in [4.69, 9.17) is 33.2 Å². The molecule has 2 aliphatic carbocycles. The minimum Gasteiger partial charge on any atom is -0.493 e. The number of aryl methyl sites for hydroxylation is 8. The van der Waals surface area contributed by atoms with Crippen molar-refractivity contribution in [2.75, 3.05) is 32.0 Å². The number of aromatic carboxylic acids is 1. The summed E-state index contributed by atoms with van der Waals surface area (Å²) in [6, 6.07) is 58.4. The van der Waals surface area contributed by atoms with Crippen LogP contribution in [0.25, 0.3) is 10.9 Å². The second-order valence-corrected chi connectivity index (χ2v) is 35.3. The first kappa shape index (κ1) is 101. The number of sulfonamides is 1. The molecule has 1 aliphatic heterocycles. The van der Waals surface area contributed by atoms with Crippen molar-refractivity contribution in [3.63, 3.8) is 0 Å². The lowest BCUT2D eigenvalue weighted by atomic mass is 9.91. The van der Waals surface area contributed by atoms with Gasteiger partial charge in [0.2, 0.25) is 16.8 Å². The molecule has 3 aromatic heterocycles. The van der Waals surface area contributed by atoms with Crippen molar-refractivity contribution in [1.82, 2.24) is 4.98 Å². The van der Waals surface area contributed by atoms with E-state index in [1.807, 2.05) is 144 Å². The van der Waals surface area contributed by atoms with Crippen LogP contribution in [0.15, 0.2) is 210 Å². The van der Waals surface area contributed by atoms with Gasteiger partial charge in [-0.2, -0.15) is 11.3 Å². The standard InChI is InChI=1S/C14H14O.C9H9N.C9H12O2.C8H11NO2S.2C8H8O2.C8H16.C7H16.2C6H14.C5H6O.C5H6S.C5H10/c1-12-6-5-9-14(10-12)15-11-13-7-3-2-4-8-13;1-7-2-3-8-4-5-10-9(8)6-7;1-7-4-5-8(10-2)9(6-7)11-3;1-7-4-3-5-8(6-7)9-12(2,10)11;1-6-2-3-7-8(4-6)10-5-9-7;1-6-3-2-4-7(5-6)8(9)10;1-6-7(2,3)8(6,4)5;1-5-6-7(2,3)4;1-5-6(2,3)4;1-4-5-6(2)3;1-5-3-2-4-6-5;1-5-2-3-6-4-5;1-2-5-3-4-5/h2-10H,11H2,1H3;2-6,10H,1H3;4-6H,1-3H3;3-6,9H,1-2H3;2-4H,5H2,1H3;2-5H,1H3,(H,9,10);6H,1-5H3;5-6H2,1-4H3;5H2,1-4H3;6H,4-5H2,1-3H3;2*2-4H,1H3;5H,2-4H2,1H3. The van der Waals surface area contributed by atoms with Gasteiger partial charge < -0.3 is 38.2 Å². The molecule has 4 heterocycles. The second kappa shape index (κ2) is 53.3. The zero-order chi connectivity index (χ0) is 84.7. The number of aromatic nitrogens is 1. The van der Waals surface area contributed by atoms with Crippen molar-refractivity contribution in [2.24, 2.45) is 39.4 Å². The summed E-state index contributed by atoms with van der Waals surface area (Å²) in [6.45, 7) is 55.7. The van der Waals surface area contributed by atoms with Crippen LogP contribution in [0.3, 0.4) is 0 Å². The number of methoxy groups -OCH3 is 2. The topological polar surface area (TPSA) is 159 Å². The minimum atomic E-state index is -3.14. The number of hydrogen-bond acceptors (Lipinski definition) is 10. The van der Waals surface area contributed by atoms with Gasteiger partial charge >= 0.3 is 5.97 Å². The molecule has 112 heavy (non-hydrogen) atoms. The van der Waals surface area contributed by atoms with Gasteiger partial charge in [0.05, 0.1) is 32.3 Å². The molecule has 13 rings (SSSR count). The molecule has 0 radical (unpaired) electrons. The van der Waals surface area contributed by atoms with Crippen LogP contribution in [-0.2, 0) is 16.6 Å². The Bertz CT molecular complexity index is 4170. The molecule has 12 nitrogen and oxygen atoms in total. The monoisotopic (exact) mass is 1570 g/mol. The van der Waals surface area contributed by atoms with E-state index in [-0.39, 0.29) is 0 Å². The molecule has 10 aromatic rings. The molecule has 0 saturated heterocycles. The Kier molecular flexibility index (Phi) is 48.2. The third-order valence-corrected chi connectivity index (χ3v) is 20.3. The summed E-state index contributed by atoms with van der Waals surface area (Å²) in [5.41, 5.74) is 13.9. The van der Waals surface area contributed by atoms with Gasteiger partial charge in [-0.1, -0.05) is 259 Å². The number of carbonyl (C=O) groups is 1. The van der Waals surface area contributed by atoms with Crippen molar-refractivity contribution in [3.8, 4) is 28.7 Å². The van der Waals surface area contributed by atoms with E-state index < -0.39 is 16.0 Å². The molecule has 0 unspecified atom stereocenters. The number of hydrogen-bond donors (Lipinski definition) is 3. The van der Waals surface area contributed by atoms with Gasteiger partial charge in [0.1, 0.15) is 18.1 Å². The van der Waals surface area contributed by atoms with Gasteiger partial charge in [0.25, 0.3) is 0 Å². The number of nitrogens with one attached hydrogen (secondary N) is 2. The number of furan rings is 1. The third-order valence-electron chi connectivity index (χ3n) is 18.9. The van der Waals surface area contributed by atoms with E-state index in [1.165, 1.54) is 95.7 Å². The summed E-state index contributed by atoms with van der Waals surface area (Å²) in [5.74, 6) is 7.24. The first-order valence-electron chi connectivity index (χ1n) is 39.7. The smallest absolute Gasteiger partial charge is 0.335 e. The molecule has 7 aromatic carbocycles. The Morgan fingerprint density at radius 3 is 1.55 bits per heavy atom. The minimum absolute atomic E-state index is 0.347. The fourth-order valence-electron chi connectivity index (χ4n) is 10.3. The third kappa shape index (κ3) is 47.6. The van der Waals surface area contributed by atoms with Crippen molar-refractivity contribution in [2.45, 2.75) is 231 Å². The molecule has 0 bridgehead atoms.